The van der Waals surface area contributed by atoms with Gasteiger partial charge >= 0.3 is 0 Å². The lowest BCUT2D eigenvalue weighted by molar-refractivity contribution is 0.0957. The Balaban J connectivity index is 1.37. The van der Waals surface area contributed by atoms with Crippen molar-refractivity contribution in [3.8, 4) is 5.75 Å². The first-order chi connectivity index (χ1) is 17.1. The van der Waals surface area contributed by atoms with E-state index in [0.29, 0.717) is 39.9 Å². The predicted molar refractivity (Wildman–Crippen MR) is 133 cm³/mol. The van der Waals surface area contributed by atoms with Crippen molar-refractivity contribution in [1.82, 2.24) is 30.8 Å². The zero-order valence-electron chi connectivity index (χ0n) is 19.2. The molecule has 0 bridgehead atoms. The first-order valence-electron chi connectivity index (χ1n) is 11.5. The maximum Gasteiger partial charge on any atom is 0.261 e. The summed E-state index contributed by atoms with van der Waals surface area (Å²) < 4.78 is 20.2. The normalized spacial score (nSPS) is 15.8. The molecule has 1 atom stereocenters. The van der Waals surface area contributed by atoms with Gasteiger partial charge in [-0.3, -0.25) is 9.89 Å². The fraction of sp³-hybridized carbons (Fsp3) is 0.333. The van der Waals surface area contributed by atoms with E-state index in [-0.39, 0.29) is 17.8 Å². The summed E-state index contributed by atoms with van der Waals surface area (Å²) in [5.74, 6) is 0.439. The molecule has 9 nitrogen and oxygen atoms in total. The van der Waals surface area contributed by atoms with Crippen LogP contribution in [-0.2, 0) is 6.42 Å². The van der Waals surface area contributed by atoms with Gasteiger partial charge in [-0.15, -0.1) is 11.3 Å². The second-order valence-corrected chi connectivity index (χ2v) is 9.42. The van der Waals surface area contributed by atoms with E-state index >= 15 is 0 Å². The summed E-state index contributed by atoms with van der Waals surface area (Å²) >= 11 is 1.32. The van der Waals surface area contributed by atoms with Gasteiger partial charge in [0.05, 0.1) is 22.1 Å². The highest BCUT2D eigenvalue weighted by atomic mass is 32.1. The molecule has 11 heteroatoms. The van der Waals surface area contributed by atoms with Crippen LogP contribution in [0.3, 0.4) is 0 Å². The quantitative estimate of drug-likeness (QED) is 0.294. The van der Waals surface area contributed by atoms with E-state index in [9.17, 15) is 9.18 Å². The first-order valence-corrected chi connectivity index (χ1v) is 12.3. The number of nitrogens with one attached hydrogen (secondary N) is 4. The molecule has 5 rings (SSSR count). The Bertz CT molecular complexity index is 1320. The number of halogens is 1. The fourth-order valence-electron chi connectivity index (χ4n) is 4.12. The van der Waals surface area contributed by atoms with Crippen molar-refractivity contribution >= 4 is 39.0 Å². The average molecular weight is 496 g/mol. The SMILES string of the molecule is Cc1c(C(=O)NCCc2cn[nH]c2)sc2ncnc(Nc3ccc(F)cc3OC3CCCNC3)c12. The van der Waals surface area contributed by atoms with Crippen LogP contribution in [0, 0.1) is 12.7 Å². The molecule has 0 radical (unpaired) electrons. The number of hydrogen-bond acceptors (Lipinski definition) is 8. The van der Waals surface area contributed by atoms with Gasteiger partial charge in [-0.05, 0) is 56.0 Å². The van der Waals surface area contributed by atoms with E-state index in [4.69, 9.17) is 4.74 Å². The Morgan fingerprint density at radius 1 is 1.34 bits per heavy atom. The summed E-state index contributed by atoms with van der Waals surface area (Å²) in [5, 5.41) is 17.0. The van der Waals surface area contributed by atoms with Crippen LogP contribution in [0.5, 0.6) is 5.75 Å². The lowest BCUT2D eigenvalue weighted by atomic mass is 10.1. The van der Waals surface area contributed by atoms with Crippen molar-refractivity contribution in [1.29, 1.82) is 0 Å². The summed E-state index contributed by atoms with van der Waals surface area (Å²) in [6.45, 7) is 4.06. The standard InChI is InChI=1S/C24H26FN7O2S/c1-14-20-22(32-18-5-4-16(25)9-19(18)34-17-3-2-7-26-12-17)28-13-29-24(20)35-21(14)23(33)27-8-6-15-10-30-31-11-15/h4-5,9-11,13,17,26H,2-3,6-8,12H2,1H3,(H,27,33)(H,30,31)(H,28,29,32). The van der Waals surface area contributed by atoms with Crippen molar-refractivity contribution in [2.45, 2.75) is 32.3 Å². The van der Waals surface area contributed by atoms with Gasteiger partial charge in [0.25, 0.3) is 5.91 Å². The number of rotatable bonds is 8. The van der Waals surface area contributed by atoms with Crippen molar-refractivity contribution in [3.63, 3.8) is 0 Å². The molecule has 1 saturated heterocycles. The first kappa shape index (κ1) is 23.2. The van der Waals surface area contributed by atoms with Gasteiger partial charge in [0.15, 0.2) is 0 Å². The molecule has 0 saturated carbocycles. The third-order valence-electron chi connectivity index (χ3n) is 5.93. The molecule has 3 aromatic heterocycles. The largest absolute Gasteiger partial charge is 0.487 e. The van der Waals surface area contributed by atoms with E-state index in [1.807, 2.05) is 13.1 Å². The minimum atomic E-state index is -0.372. The van der Waals surface area contributed by atoms with Gasteiger partial charge in [-0.25, -0.2) is 14.4 Å². The van der Waals surface area contributed by atoms with Gasteiger partial charge in [0.2, 0.25) is 0 Å². The smallest absolute Gasteiger partial charge is 0.261 e. The molecule has 4 heterocycles. The van der Waals surface area contributed by atoms with E-state index in [2.05, 4.69) is 36.1 Å². The second-order valence-electron chi connectivity index (χ2n) is 8.42. The summed E-state index contributed by atoms with van der Waals surface area (Å²) in [5.41, 5.74) is 2.42. The Morgan fingerprint density at radius 3 is 3.06 bits per heavy atom. The number of piperidine rings is 1. The second kappa shape index (κ2) is 10.4. The molecule has 1 aliphatic heterocycles. The van der Waals surface area contributed by atoms with Gasteiger partial charge in [0.1, 0.15) is 34.6 Å². The number of nitrogens with zero attached hydrogens (tertiary/aromatic N) is 3. The number of aromatic amines is 1. The van der Waals surface area contributed by atoms with Gasteiger partial charge in [-0.1, -0.05) is 0 Å². The molecule has 1 aliphatic rings. The van der Waals surface area contributed by atoms with Crippen LogP contribution in [0.2, 0.25) is 0 Å². The fourth-order valence-corrected chi connectivity index (χ4v) is 5.19. The number of fused-ring (bicyclic) bond motifs is 1. The predicted octanol–water partition coefficient (Wildman–Crippen LogP) is 3.71. The van der Waals surface area contributed by atoms with Crippen molar-refractivity contribution in [2.24, 2.45) is 0 Å². The molecule has 1 aromatic carbocycles. The minimum absolute atomic E-state index is 0.0308. The van der Waals surface area contributed by atoms with Gasteiger partial charge in [0, 0.05) is 25.4 Å². The Labute approximate surface area is 205 Å². The van der Waals surface area contributed by atoms with Crippen LogP contribution in [0.4, 0.5) is 15.9 Å². The van der Waals surface area contributed by atoms with E-state index in [0.717, 1.165) is 42.4 Å². The van der Waals surface area contributed by atoms with Gasteiger partial charge < -0.3 is 20.7 Å². The molecule has 1 unspecified atom stereocenters. The third-order valence-corrected chi connectivity index (χ3v) is 7.13. The molecule has 1 amide bonds. The molecule has 182 valence electrons. The highest BCUT2D eigenvalue weighted by Gasteiger charge is 2.21. The number of carbonyl (C=O) groups is 1. The van der Waals surface area contributed by atoms with Crippen LogP contribution in [0.1, 0.15) is 33.6 Å². The number of anilines is 2. The van der Waals surface area contributed by atoms with Crippen molar-refractivity contribution in [3.05, 3.63) is 58.7 Å². The molecule has 0 spiro atoms. The molecular formula is C24H26FN7O2S. The lowest BCUT2D eigenvalue weighted by Gasteiger charge is -2.25. The Kier molecular flexibility index (Phi) is 6.87. The molecule has 35 heavy (non-hydrogen) atoms. The van der Waals surface area contributed by atoms with E-state index < -0.39 is 0 Å². The Morgan fingerprint density at radius 2 is 2.26 bits per heavy atom. The number of benzene rings is 1. The minimum Gasteiger partial charge on any atom is -0.487 e. The number of amides is 1. The molecule has 4 N–H and O–H groups in total. The van der Waals surface area contributed by atoms with Crippen LogP contribution >= 0.6 is 11.3 Å². The number of aromatic nitrogens is 4. The zero-order valence-corrected chi connectivity index (χ0v) is 20.0. The van der Waals surface area contributed by atoms with Gasteiger partial charge in [-0.2, -0.15) is 5.10 Å². The summed E-state index contributed by atoms with van der Waals surface area (Å²) in [4.78, 5) is 23.0. The van der Waals surface area contributed by atoms with E-state index in [1.165, 1.54) is 29.8 Å². The zero-order chi connectivity index (χ0) is 24.2. The maximum absolute atomic E-state index is 14.0. The van der Waals surface area contributed by atoms with Crippen LogP contribution in [0.25, 0.3) is 10.2 Å². The number of aryl methyl sites for hydroxylation is 1. The van der Waals surface area contributed by atoms with Crippen molar-refractivity contribution in [2.75, 3.05) is 25.0 Å². The topological polar surface area (TPSA) is 117 Å². The lowest BCUT2D eigenvalue weighted by Crippen LogP contribution is -2.37. The van der Waals surface area contributed by atoms with Crippen molar-refractivity contribution < 1.29 is 13.9 Å². The maximum atomic E-state index is 14.0. The third kappa shape index (κ3) is 5.25. The highest BCUT2D eigenvalue weighted by molar-refractivity contribution is 7.20. The molecule has 4 aromatic rings. The average Bonchev–Trinajstić information content (AvgIpc) is 3.50. The molecule has 0 aliphatic carbocycles. The Hall–Kier alpha value is -3.57. The number of hydrogen-bond donors (Lipinski definition) is 4. The van der Waals surface area contributed by atoms with Crippen LogP contribution < -0.4 is 20.7 Å². The summed E-state index contributed by atoms with van der Waals surface area (Å²) in [6, 6.07) is 4.40. The summed E-state index contributed by atoms with van der Waals surface area (Å²) in [6.07, 6.45) is 7.57. The van der Waals surface area contributed by atoms with E-state index in [1.54, 1.807) is 12.3 Å². The number of thiophene rings is 1. The molecular weight excluding hydrogens is 469 g/mol. The number of H-pyrrole nitrogens is 1. The number of carbonyl (C=O) groups excluding carboxylic acids is 1. The summed E-state index contributed by atoms with van der Waals surface area (Å²) in [7, 11) is 0. The monoisotopic (exact) mass is 495 g/mol. The molecule has 1 fully saturated rings. The highest BCUT2D eigenvalue weighted by Crippen LogP contribution is 2.36. The van der Waals surface area contributed by atoms with Crippen LogP contribution in [-0.4, -0.2) is 51.8 Å². The number of ether oxygens (including phenoxy) is 1. The van der Waals surface area contributed by atoms with Crippen LogP contribution in [0.15, 0.2) is 36.9 Å².